The van der Waals surface area contributed by atoms with E-state index in [1.54, 1.807) is 0 Å². The molecular formula is C19H29NO. The average molecular weight is 287 g/mol. The lowest BCUT2D eigenvalue weighted by Gasteiger charge is -2.30. The first kappa shape index (κ1) is 15.1. The van der Waals surface area contributed by atoms with Crippen LogP contribution in [0, 0.1) is 5.92 Å². The Morgan fingerprint density at radius 3 is 2.95 bits per heavy atom. The fraction of sp³-hybridized carbons (Fsp3) is 0.684. The Morgan fingerprint density at radius 2 is 2.05 bits per heavy atom. The van der Waals surface area contributed by atoms with Gasteiger partial charge >= 0.3 is 0 Å². The summed E-state index contributed by atoms with van der Waals surface area (Å²) < 4.78 is 6.12. The summed E-state index contributed by atoms with van der Waals surface area (Å²) in [5.74, 6) is 0.813. The minimum Gasteiger partial charge on any atom is -0.373 e. The van der Waals surface area contributed by atoms with Crippen LogP contribution in [0.5, 0.6) is 0 Å². The van der Waals surface area contributed by atoms with Crippen molar-refractivity contribution in [1.82, 2.24) is 5.32 Å². The number of rotatable bonds is 4. The monoisotopic (exact) mass is 287 g/mol. The molecule has 1 aliphatic carbocycles. The Kier molecular flexibility index (Phi) is 5.32. The molecule has 1 aliphatic heterocycles. The number of hydrogen-bond acceptors (Lipinski definition) is 2. The second kappa shape index (κ2) is 7.42. The zero-order chi connectivity index (χ0) is 14.5. The van der Waals surface area contributed by atoms with Crippen molar-refractivity contribution in [3.8, 4) is 0 Å². The molecular weight excluding hydrogens is 258 g/mol. The first-order chi connectivity index (χ1) is 10.4. The van der Waals surface area contributed by atoms with E-state index in [0.29, 0.717) is 6.10 Å². The van der Waals surface area contributed by atoms with Crippen LogP contribution in [-0.4, -0.2) is 19.2 Å². The van der Waals surface area contributed by atoms with Crippen LogP contribution < -0.4 is 5.32 Å². The van der Waals surface area contributed by atoms with Gasteiger partial charge in [0.15, 0.2) is 0 Å². The highest BCUT2D eigenvalue weighted by Gasteiger charge is 2.26. The van der Waals surface area contributed by atoms with Crippen LogP contribution in [0.2, 0.25) is 0 Å². The van der Waals surface area contributed by atoms with Gasteiger partial charge in [0.1, 0.15) is 0 Å². The normalized spacial score (nSPS) is 29.7. The Morgan fingerprint density at radius 1 is 1.19 bits per heavy atom. The minimum atomic E-state index is 0.334. The fourth-order valence-corrected chi connectivity index (χ4v) is 4.12. The molecule has 3 rings (SSSR count). The van der Waals surface area contributed by atoms with Crippen LogP contribution >= 0.6 is 0 Å². The maximum atomic E-state index is 6.12. The van der Waals surface area contributed by atoms with E-state index in [2.05, 4.69) is 36.5 Å². The van der Waals surface area contributed by atoms with Gasteiger partial charge in [-0.1, -0.05) is 50.5 Å². The van der Waals surface area contributed by atoms with Gasteiger partial charge in [0.25, 0.3) is 0 Å². The molecule has 0 radical (unpaired) electrons. The molecule has 1 fully saturated rings. The van der Waals surface area contributed by atoms with E-state index in [4.69, 9.17) is 4.74 Å². The summed E-state index contributed by atoms with van der Waals surface area (Å²) in [6, 6.07) is 9.60. The minimum absolute atomic E-state index is 0.334. The topological polar surface area (TPSA) is 21.3 Å². The molecule has 3 atom stereocenters. The lowest BCUT2D eigenvalue weighted by Crippen LogP contribution is -2.30. The van der Waals surface area contributed by atoms with Crippen molar-refractivity contribution in [1.29, 1.82) is 0 Å². The molecule has 116 valence electrons. The lowest BCUT2D eigenvalue weighted by atomic mass is 9.87. The third-order valence-corrected chi connectivity index (χ3v) is 5.17. The SMILES string of the molecule is CCNC1CCCCC(CC2OCCc3ccccc32)C1. The second-order valence-electron chi connectivity index (χ2n) is 6.68. The molecule has 2 nitrogen and oxygen atoms in total. The van der Waals surface area contributed by atoms with E-state index in [1.807, 2.05) is 0 Å². The van der Waals surface area contributed by atoms with E-state index < -0.39 is 0 Å². The number of hydrogen-bond donors (Lipinski definition) is 1. The second-order valence-corrected chi connectivity index (χ2v) is 6.68. The van der Waals surface area contributed by atoms with E-state index in [-0.39, 0.29) is 0 Å². The van der Waals surface area contributed by atoms with Crippen molar-refractivity contribution in [2.45, 2.75) is 64.0 Å². The summed E-state index contributed by atoms with van der Waals surface area (Å²) in [4.78, 5) is 0. The lowest BCUT2D eigenvalue weighted by molar-refractivity contribution is 0.0229. The number of benzene rings is 1. The van der Waals surface area contributed by atoms with E-state index in [1.165, 1.54) is 49.7 Å². The van der Waals surface area contributed by atoms with Gasteiger partial charge < -0.3 is 10.1 Å². The maximum Gasteiger partial charge on any atom is 0.0830 e. The number of ether oxygens (including phenoxy) is 1. The molecule has 0 amide bonds. The summed E-state index contributed by atoms with van der Waals surface area (Å²) in [6.45, 7) is 4.21. The Bertz CT molecular complexity index is 445. The van der Waals surface area contributed by atoms with E-state index >= 15 is 0 Å². The van der Waals surface area contributed by atoms with Crippen molar-refractivity contribution < 1.29 is 4.74 Å². The summed E-state index contributed by atoms with van der Waals surface area (Å²) in [6.07, 6.45) is 9.46. The third kappa shape index (κ3) is 3.87. The predicted molar refractivity (Wildman–Crippen MR) is 87.5 cm³/mol. The van der Waals surface area contributed by atoms with Crippen LogP contribution in [0.25, 0.3) is 0 Å². The Labute approximate surface area is 129 Å². The molecule has 0 spiro atoms. The molecule has 1 N–H and O–H groups in total. The van der Waals surface area contributed by atoms with Crippen LogP contribution in [0.1, 0.15) is 62.7 Å². The average Bonchev–Trinajstić information content (AvgIpc) is 2.73. The molecule has 0 aromatic heterocycles. The summed E-state index contributed by atoms with van der Waals surface area (Å²) in [5.41, 5.74) is 2.96. The molecule has 3 unspecified atom stereocenters. The van der Waals surface area contributed by atoms with E-state index in [0.717, 1.165) is 31.5 Å². The number of fused-ring (bicyclic) bond motifs is 1. The molecule has 21 heavy (non-hydrogen) atoms. The van der Waals surface area contributed by atoms with Crippen LogP contribution in [0.15, 0.2) is 24.3 Å². The van der Waals surface area contributed by atoms with Gasteiger partial charge in [-0.3, -0.25) is 0 Å². The zero-order valence-electron chi connectivity index (χ0n) is 13.3. The van der Waals surface area contributed by atoms with Crippen molar-refractivity contribution in [2.75, 3.05) is 13.2 Å². The van der Waals surface area contributed by atoms with Crippen molar-refractivity contribution in [3.05, 3.63) is 35.4 Å². The van der Waals surface area contributed by atoms with Crippen LogP contribution in [0.3, 0.4) is 0 Å². The molecule has 0 saturated heterocycles. The quantitative estimate of drug-likeness (QED) is 0.836. The highest BCUT2D eigenvalue weighted by molar-refractivity contribution is 5.30. The maximum absolute atomic E-state index is 6.12. The molecule has 2 aliphatic rings. The van der Waals surface area contributed by atoms with Gasteiger partial charge in [-0.2, -0.15) is 0 Å². The molecule has 1 aromatic rings. The smallest absolute Gasteiger partial charge is 0.0830 e. The summed E-state index contributed by atoms with van der Waals surface area (Å²) in [5, 5.41) is 3.67. The molecule has 1 heterocycles. The van der Waals surface area contributed by atoms with Gasteiger partial charge in [0.05, 0.1) is 12.7 Å². The van der Waals surface area contributed by atoms with Crippen molar-refractivity contribution in [2.24, 2.45) is 5.92 Å². The largest absolute Gasteiger partial charge is 0.373 e. The van der Waals surface area contributed by atoms with Crippen molar-refractivity contribution >= 4 is 0 Å². The van der Waals surface area contributed by atoms with Crippen LogP contribution in [0.4, 0.5) is 0 Å². The van der Waals surface area contributed by atoms with Gasteiger partial charge in [-0.25, -0.2) is 0 Å². The molecule has 1 saturated carbocycles. The van der Waals surface area contributed by atoms with Gasteiger partial charge in [0, 0.05) is 6.04 Å². The predicted octanol–water partition coefficient (Wildman–Crippen LogP) is 4.25. The van der Waals surface area contributed by atoms with Gasteiger partial charge in [0.2, 0.25) is 0 Å². The highest BCUT2D eigenvalue weighted by Crippen LogP contribution is 2.36. The highest BCUT2D eigenvalue weighted by atomic mass is 16.5. The molecule has 1 aromatic carbocycles. The van der Waals surface area contributed by atoms with Gasteiger partial charge in [-0.05, 0) is 49.3 Å². The Hall–Kier alpha value is -0.860. The third-order valence-electron chi connectivity index (χ3n) is 5.17. The standard InChI is InChI=1S/C19H29NO/c1-2-20-17-9-5-3-7-15(13-17)14-19-18-10-6-4-8-16(18)11-12-21-19/h4,6,8,10,15,17,19-20H,2-3,5,7,9,11-14H2,1H3. The molecule has 0 bridgehead atoms. The first-order valence-corrected chi connectivity index (χ1v) is 8.79. The molecule has 2 heteroatoms. The van der Waals surface area contributed by atoms with Crippen LogP contribution in [-0.2, 0) is 11.2 Å². The fourth-order valence-electron chi connectivity index (χ4n) is 4.12. The Balaban J connectivity index is 1.65. The number of nitrogens with one attached hydrogen (secondary N) is 1. The zero-order valence-corrected chi connectivity index (χ0v) is 13.3. The van der Waals surface area contributed by atoms with E-state index in [9.17, 15) is 0 Å². The first-order valence-electron chi connectivity index (χ1n) is 8.79. The van der Waals surface area contributed by atoms with Crippen molar-refractivity contribution in [3.63, 3.8) is 0 Å². The summed E-state index contributed by atoms with van der Waals surface area (Å²) >= 11 is 0. The summed E-state index contributed by atoms with van der Waals surface area (Å²) in [7, 11) is 0. The van der Waals surface area contributed by atoms with Gasteiger partial charge in [-0.15, -0.1) is 0 Å².